The van der Waals surface area contributed by atoms with E-state index in [4.69, 9.17) is 9.31 Å². The standard InChI is InChI=1S/C14H18BNO4/c1-11-10-14(2,3)20-15(19-11)9-8-12-4-6-13(7-5-12)16(17)18/h4-9,11H,10H2,1-3H3/b9-8+. The normalized spacial score (nSPS) is 22.1. The van der Waals surface area contributed by atoms with Crippen LogP contribution in [0.3, 0.4) is 0 Å². The van der Waals surface area contributed by atoms with Crippen LogP contribution in [-0.2, 0) is 9.31 Å². The average Bonchev–Trinajstić information content (AvgIpc) is 2.34. The van der Waals surface area contributed by atoms with Gasteiger partial charge in [0.2, 0.25) is 0 Å². The van der Waals surface area contributed by atoms with Crippen molar-refractivity contribution in [3.63, 3.8) is 0 Å². The van der Waals surface area contributed by atoms with Gasteiger partial charge in [-0.2, -0.15) is 0 Å². The van der Waals surface area contributed by atoms with Gasteiger partial charge in [0.1, 0.15) is 0 Å². The summed E-state index contributed by atoms with van der Waals surface area (Å²) in [4.78, 5) is 10.2. The second-order valence-electron chi connectivity index (χ2n) is 5.60. The predicted molar refractivity (Wildman–Crippen MR) is 78.2 cm³/mol. The molecule has 6 heteroatoms. The number of benzene rings is 1. The third-order valence-electron chi connectivity index (χ3n) is 3.13. The van der Waals surface area contributed by atoms with Gasteiger partial charge in [0, 0.05) is 18.2 Å². The number of rotatable bonds is 3. The molecule has 1 fully saturated rings. The van der Waals surface area contributed by atoms with Gasteiger partial charge >= 0.3 is 7.12 Å². The quantitative estimate of drug-likeness (QED) is 0.482. The molecule has 0 bridgehead atoms. The summed E-state index contributed by atoms with van der Waals surface area (Å²) in [5.41, 5.74) is 0.753. The largest absolute Gasteiger partial charge is 0.486 e. The molecule has 0 N–H and O–H groups in total. The lowest BCUT2D eigenvalue weighted by Gasteiger charge is -2.37. The van der Waals surface area contributed by atoms with Crippen LogP contribution in [0.15, 0.2) is 30.2 Å². The van der Waals surface area contributed by atoms with Gasteiger partial charge < -0.3 is 9.31 Å². The first kappa shape index (κ1) is 14.7. The molecule has 0 aromatic heterocycles. The van der Waals surface area contributed by atoms with Crippen LogP contribution in [0.4, 0.5) is 5.69 Å². The van der Waals surface area contributed by atoms with E-state index >= 15 is 0 Å². The van der Waals surface area contributed by atoms with Crippen LogP contribution < -0.4 is 0 Å². The molecule has 0 radical (unpaired) electrons. The molecule has 1 heterocycles. The predicted octanol–water partition coefficient (Wildman–Crippen LogP) is 3.24. The Kier molecular flexibility index (Phi) is 4.25. The second kappa shape index (κ2) is 5.77. The third-order valence-corrected chi connectivity index (χ3v) is 3.13. The van der Waals surface area contributed by atoms with Crippen LogP contribution in [0.25, 0.3) is 6.08 Å². The summed E-state index contributed by atoms with van der Waals surface area (Å²) in [6, 6.07) is 6.36. The van der Waals surface area contributed by atoms with Crippen molar-refractivity contribution in [3.05, 3.63) is 45.9 Å². The Morgan fingerprint density at radius 1 is 1.40 bits per heavy atom. The van der Waals surface area contributed by atoms with Crippen molar-refractivity contribution in [2.75, 3.05) is 0 Å². The molecule has 1 atom stereocenters. The van der Waals surface area contributed by atoms with E-state index in [-0.39, 0.29) is 24.5 Å². The van der Waals surface area contributed by atoms with Crippen molar-refractivity contribution >= 4 is 18.9 Å². The molecule has 1 unspecified atom stereocenters. The van der Waals surface area contributed by atoms with Crippen LogP contribution in [0.2, 0.25) is 0 Å². The van der Waals surface area contributed by atoms with E-state index in [2.05, 4.69) is 0 Å². The summed E-state index contributed by atoms with van der Waals surface area (Å²) in [5, 5.41) is 10.6. The molecule has 5 nitrogen and oxygen atoms in total. The van der Waals surface area contributed by atoms with Gasteiger partial charge in [0.05, 0.1) is 10.5 Å². The average molecular weight is 275 g/mol. The summed E-state index contributed by atoms with van der Waals surface area (Å²) in [6.45, 7) is 6.11. The molecule has 1 aliphatic rings. The molecule has 20 heavy (non-hydrogen) atoms. The van der Waals surface area contributed by atoms with Gasteiger partial charge in [-0.1, -0.05) is 12.1 Å². The van der Waals surface area contributed by atoms with Crippen LogP contribution in [0, 0.1) is 10.1 Å². The van der Waals surface area contributed by atoms with Gasteiger partial charge in [-0.15, -0.1) is 0 Å². The number of non-ortho nitro benzene ring substituents is 1. The van der Waals surface area contributed by atoms with Crippen LogP contribution in [0.5, 0.6) is 0 Å². The highest BCUT2D eigenvalue weighted by atomic mass is 16.6. The van der Waals surface area contributed by atoms with Crippen molar-refractivity contribution in [2.45, 2.75) is 38.9 Å². The van der Waals surface area contributed by atoms with Gasteiger partial charge in [-0.3, -0.25) is 10.1 Å². The lowest BCUT2D eigenvalue weighted by molar-refractivity contribution is -0.384. The topological polar surface area (TPSA) is 61.6 Å². The van der Waals surface area contributed by atoms with E-state index < -0.39 is 4.92 Å². The molecule has 1 aromatic carbocycles. The maximum absolute atomic E-state index is 10.6. The van der Waals surface area contributed by atoms with Gasteiger partial charge in [-0.05, 0) is 44.9 Å². The Morgan fingerprint density at radius 3 is 2.60 bits per heavy atom. The molecule has 106 valence electrons. The first-order valence-electron chi connectivity index (χ1n) is 6.62. The fraction of sp³-hybridized carbons (Fsp3) is 0.429. The summed E-state index contributed by atoms with van der Waals surface area (Å²) < 4.78 is 11.5. The Hall–Kier alpha value is -1.66. The SMILES string of the molecule is CC1CC(C)(C)OB(/C=C/c2ccc([N+](=O)[O-])cc2)O1. The number of hydrogen-bond donors (Lipinski definition) is 0. The molecule has 0 spiro atoms. The zero-order chi connectivity index (χ0) is 14.8. The molecule has 0 aliphatic carbocycles. The highest BCUT2D eigenvalue weighted by molar-refractivity contribution is 6.52. The van der Waals surface area contributed by atoms with Crippen molar-refractivity contribution < 1.29 is 14.2 Å². The number of nitrogens with zero attached hydrogens (tertiary/aromatic N) is 1. The first-order chi connectivity index (χ1) is 9.35. The van der Waals surface area contributed by atoms with Crippen molar-refractivity contribution in [1.29, 1.82) is 0 Å². The zero-order valence-corrected chi connectivity index (χ0v) is 11.9. The molecule has 1 saturated heterocycles. The molecule has 2 rings (SSSR count). The Labute approximate surface area is 118 Å². The summed E-state index contributed by atoms with van der Waals surface area (Å²) in [5.74, 6) is 1.83. The Morgan fingerprint density at radius 2 is 2.05 bits per heavy atom. The fourth-order valence-electron chi connectivity index (χ4n) is 2.34. The van der Waals surface area contributed by atoms with Gasteiger partial charge in [0.15, 0.2) is 0 Å². The van der Waals surface area contributed by atoms with E-state index in [1.165, 1.54) is 12.1 Å². The minimum atomic E-state index is -0.412. The lowest BCUT2D eigenvalue weighted by atomic mass is 9.82. The minimum Gasteiger partial charge on any atom is -0.405 e. The lowest BCUT2D eigenvalue weighted by Crippen LogP contribution is -2.45. The fourth-order valence-corrected chi connectivity index (χ4v) is 2.34. The highest BCUT2D eigenvalue weighted by Crippen LogP contribution is 2.26. The molecule has 1 aliphatic heterocycles. The van der Waals surface area contributed by atoms with Crippen molar-refractivity contribution in [1.82, 2.24) is 0 Å². The molecule has 0 saturated carbocycles. The van der Waals surface area contributed by atoms with Gasteiger partial charge in [0.25, 0.3) is 5.69 Å². The molecule has 1 aromatic rings. The smallest absolute Gasteiger partial charge is 0.405 e. The van der Waals surface area contributed by atoms with E-state index in [0.29, 0.717) is 0 Å². The summed E-state index contributed by atoms with van der Waals surface area (Å²) >= 11 is 0. The highest BCUT2D eigenvalue weighted by Gasteiger charge is 2.35. The molecular weight excluding hydrogens is 257 g/mol. The Bertz CT molecular complexity index is 512. The minimum absolute atomic E-state index is 0.0853. The Balaban J connectivity index is 2.03. The van der Waals surface area contributed by atoms with Crippen molar-refractivity contribution in [2.24, 2.45) is 0 Å². The number of hydrogen-bond acceptors (Lipinski definition) is 4. The second-order valence-corrected chi connectivity index (χ2v) is 5.60. The van der Waals surface area contributed by atoms with E-state index in [9.17, 15) is 10.1 Å². The molecular formula is C14H18BNO4. The van der Waals surface area contributed by atoms with Crippen LogP contribution in [0.1, 0.15) is 32.8 Å². The number of nitro benzene ring substituents is 1. The maximum atomic E-state index is 10.6. The van der Waals surface area contributed by atoms with Crippen LogP contribution >= 0.6 is 0 Å². The monoisotopic (exact) mass is 275 g/mol. The van der Waals surface area contributed by atoms with E-state index in [1.807, 2.05) is 32.8 Å². The molecule has 0 amide bonds. The van der Waals surface area contributed by atoms with Crippen LogP contribution in [-0.4, -0.2) is 23.7 Å². The number of nitro groups is 1. The summed E-state index contributed by atoms with van der Waals surface area (Å²) in [7, 11) is -0.385. The summed E-state index contributed by atoms with van der Waals surface area (Å²) in [6.07, 6.45) is 2.85. The first-order valence-corrected chi connectivity index (χ1v) is 6.62. The van der Waals surface area contributed by atoms with Gasteiger partial charge in [-0.25, -0.2) is 0 Å². The maximum Gasteiger partial charge on any atom is 0.486 e. The zero-order valence-electron chi connectivity index (χ0n) is 11.9. The van der Waals surface area contributed by atoms with E-state index in [1.54, 1.807) is 12.1 Å². The van der Waals surface area contributed by atoms with E-state index in [0.717, 1.165) is 12.0 Å². The third kappa shape index (κ3) is 3.92. The van der Waals surface area contributed by atoms with Crippen molar-refractivity contribution in [3.8, 4) is 0 Å².